The number of amides is 1. The summed E-state index contributed by atoms with van der Waals surface area (Å²) in [5, 5.41) is 6.78. The van der Waals surface area contributed by atoms with Crippen molar-refractivity contribution in [3.8, 4) is 5.88 Å². The second kappa shape index (κ2) is 6.48. The minimum atomic E-state index is -0.0294. The lowest BCUT2D eigenvalue weighted by Gasteiger charge is -2.34. The molecule has 0 N–H and O–H groups in total. The van der Waals surface area contributed by atoms with Crippen molar-refractivity contribution in [3.05, 3.63) is 27.9 Å². The van der Waals surface area contributed by atoms with Crippen molar-refractivity contribution in [1.29, 1.82) is 0 Å². The first-order chi connectivity index (χ1) is 10.6. The number of thiazole rings is 1. The number of nitrogens with zero attached hydrogens (tertiary/aromatic N) is 3. The predicted molar refractivity (Wildman–Crippen MR) is 81.9 cm³/mol. The summed E-state index contributed by atoms with van der Waals surface area (Å²) >= 11 is 1.62. The maximum atomic E-state index is 12.5. The number of aromatic nitrogens is 2. The summed E-state index contributed by atoms with van der Waals surface area (Å²) in [5.41, 5.74) is 1.01. The Bertz CT molecular complexity index is 652. The van der Waals surface area contributed by atoms with Crippen LogP contribution in [0.3, 0.4) is 0 Å². The molecule has 6 nitrogen and oxygen atoms in total. The van der Waals surface area contributed by atoms with Gasteiger partial charge in [0.2, 0.25) is 0 Å². The van der Waals surface area contributed by atoms with Crippen molar-refractivity contribution in [1.82, 2.24) is 15.0 Å². The van der Waals surface area contributed by atoms with E-state index in [9.17, 15) is 4.79 Å². The highest BCUT2D eigenvalue weighted by atomic mass is 32.1. The molecule has 1 aliphatic heterocycles. The quantitative estimate of drug-likeness (QED) is 0.866. The molecule has 1 atom stereocenters. The fourth-order valence-electron chi connectivity index (χ4n) is 2.64. The third kappa shape index (κ3) is 3.30. The molecule has 0 unspecified atom stereocenters. The number of piperidine rings is 1. The van der Waals surface area contributed by atoms with Crippen molar-refractivity contribution in [3.63, 3.8) is 0 Å². The molecule has 1 saturated heterocycles. The number of ether oxygens (including phenoxy) is 1. The zero-order valence-electron chi connectivity index (χ0n) is 12.7. The lowest BCUT2D eigenvalue weighted by Crippen LogP contribution is -2.41. The second-order valence-electron chi connectivity index (χ2n) is 5.49. The van der Waals surface area contributed by atoms with Crippen LogP contribution in [0.1, 0.15) is 41.8 Å². The summed E-state index contributed by atoms with van der Waals surface area (Å²) in [6, 6.07) is 1.74. The summed E-state index contributed by atoms with van der Waals surface area (Å²) in [5.74, 6) is 0.985. The molecule has 0 radical (unpaired) electrons. The van der Waals surface area contributed by atoms with Crippen LogP contribution in [0.4, 0.5) is 0 Å². The second-order valence-corrected chi connectivity index (χ2v) is 6.38. The number of rotatable bonds is 4. The van der Waals surface area contributed by atoms with E-state index in [1.807, 2.05) is 17.2 Å². The molecule has 1 fully saturated rings. The molecule has 3 heterocycles. The number of hydrogen-bond donors (Lipinski definition) is 0. The number of carbonyl (C=O) groups excluding carboxylic acids is 1. The third-order valence-corrected chi connectivity index (χ3v) is 4.76. The molecule has 1 aliphatic rings. The van der Waals surface area contributed by atoms with Crippen molar-refractivity contribution < 1.29 is 14.1 Å². The third-order valence-electron chi connectivity index (χ3n) is 3.69. The first kappa shape index (κ1) is 15.0. The number of carbonyl (C=O) groups is 1. The Morgan fingerprint density at radius 3 is 3.05 bits per heavy atom. The van der Waals surface area contributed by atoms with Crippen molar-refractivity contribution >= 4 is 17.2 Å². The number of likely N-dealkylation sites (tertiary alicyclic amines) is 1. The molecule has 2 aromatic rings. The molecule has 0 saturated carbocycles. The Kier molecular flexibility index (Phi) is 4.42. The number of aryl methyl sites for hydroxylation is 2. The Balaban J connectivity index is 1.66. The Morgan fingerprint density at radius 1 is 1.50 bits per heavy atom. The van der Waals surface area contributed by atoms with Gasteiger partial charge in [0, 0.05) is 23.7 Å². The SMILES string of the molecule is Cc1csc([C@H]2CCCCN2C(=O)COc2cc(C)on2)n1. The number of hydrogen-bond acceptors (Lipinski definition) is 6. The van der Waals surface area contributed by atoms with Gasteiger partial charge in [0.15, 0.2) is 6.61 Å². The summed E-state index contributed by atoms with van der Waals surface area (Å²) < 4.78 is 10.3. The standard InChI is InChI=1S/C15H19N3O3S/c1-10-9-22-15(16-10)12-5-3-4-6-18(12)14(19)8-20-13-7-11(2)21-17-13/h7,9,12H,3-6,8H2,1-2H3/t12-/m1/s1. The van der Waals surface area contributed by atoms with E-state index in [1.165, 1.54) is 0 Å². The monoisotopic (exact) mass is 321 g/mol. The molecule has 0 bridgehead atoms. The van der Waals surface area contributed by atoms with Gasteiger partial charge in [-0.15, -0.1) is 11.3 Å². The zero-order valence-corrected chi connectivity index (χ0v) is 13.6. The van der Waals surface area contributed by atoms with Crippen molar-refractivity contribution in [2.75, 3.05) is 13.2 Å². The van der Waals surface area contributed by atoms with Gasteiger partial charge in [0.05, 0.1) is 6.04 Å². The molecule has 3 rings (SSSR count). The minimum Gasteiger partial charge on any atom is -0.465 e. The zero-order chi connectivity index (χ0) is 15.5. The topological polar surface area (TPSA) is 68.5 Å². The highest BCUT2D eigenvalue weighted by Gasteiger charge is 2.30. The van der Waals surface area contributed by atoms with Crippen LogP contribution in [0.15, 0.2) is 16.0 Å². The van der Waals surface area contributed by atoms with Gasteiger partial charge in [-0.05, 0) is 38.3 Å². The summed E-state index contributed by atoms with van der Waals surface area (Å²) in [6.45, 7) is 4.49. The van der Waals surface area contributed by atoms with Crippen LogP contribution in [-0.2, 0) is 4.79 Å². The van der Waals surface area contributed by atoms with Crippen LogP contribution in [0, 0.1) is 13.8 Å². The van der Waals surface area contributed by atoms with Crippen molar-refractivity contribution in [2.45, 2.75) is 39.2 Å². The highest BCUT2D eigenvalue weighted by molar-refractivity contribution is 7.09. The van der Waals surface area contributed by atoms with Gasteiger partial charge < -0.3 is 14.2 Å². The van der Waals surface area contributed by atoms with E-state index >= 15 is 0 Å². The summed E-state index contributed by atoms with van der Waals surface area (Å²) in [7, 11) is 0. The molecule has 0 aliphatic carbocycles. The first-order valence-corrected chi connectivity index (χ1v) is 8.29. The van der Waals surface area contributed by atoms with E-state index in [-0.39, 0.29) is 18.6 Å². The Hall–Kier alpha value is -1.89. The minimum absolute atomic E-state index is 0.0210. The van der Waals surface area contributed by atoms with Gasteiger partial charge in [0.25, 0.3) is 11.8 Å². The molecule has 0 aromatic carbocycles. The summed E-state index contributed by atoms with van der Waals surface area (Å²) in [4.78, 5) is 18.9. The molecular formula is C15H19N3O3S. The smallest absolute Gasteiger partial charge is 0.261 e. The first-order valence-electron chi connectivity index (χ1n) is 7.41. The van der Waals surface area contributed by atoms with Gasteiger partial charge in [-0.25, -0.2) is 4.98 Å². The van der Waals surface area contributed by atoms with Crippen LogP contribution in [0.5, 0.6) is 5.88 Å². The molecular weight excluding hydrogens is 302 g/mol. The molecule has 118 valence electrons. The van der Waals surface area contributed by atoms with Crippen LogP contribution >= 0.6 is 11.3 Å². The lowest BCUT2D eigenvalue weighted by molar-refractivity contribution is -0.137. The molecule has 22 heavy (non-hydrogen) atoms. The normalized spacial score (nSPS) is 18.5. The van der Waals surface area contributed by atoms with Crippen LogP contribution in [0.25, 0.3) is 0 Å². The van der Waals surface area contributed by atoms with Crippen molar-refractivity contribution in [2.24, 2.45) is 0 Å². The van der Waals surface area contributed by atoms with E-state index in [1.54, 1.807) is 24.3 Å². The van der Waals surface area contributed by atoms with Crippen LogP contribution < -0.4 is 4.74 Å². The molecule has 7 heteroatoms. The fourth-order valence-corrected chi connectivity index (χ4v) is 3.59. The maximum Gasteiger partial charge on any atom is 0.261 e. The molecule has 0 spiro atoms. The fraction of sp³-hybridized carbons (Fsp3) is 0.533. The van der Waals surface area contributed by atoms with E-state index < -0.39 is 0 Å². The average molecular weight is 321 g/mol. The predicted octanol–water partition coefficient (Wildman–Crippen LogP) is 2.88. The molecule has 1 amide bonds. The van der Waals surface area contributed by atoms with E-state index in [0.717, 1.165) is 36.5 Å². The maximum absolute atomic E-state index is 12.5. The Morgan fingerprint density at radius 2 is 2.36 bits per heavy atom. The van der Waals surface area contributed by atoms with Gasteiger partial charge >= 0.3 is 0 Å². The lowest BCUT2D eigenvalue weighted by atomic mass is 10.0. The van der Waals surface area contributed by atoms with Gasteiger partial charge in [0.1, 0.15) is 10.8 Å². The Labute approximate surface area is 133 Å². The highest BCUT2D eigenvalue weighted by Crippen LogP contribution is 2.32. The molecule has 2 aromatic heterocycles. The van der Waals surface area contributed by atoms with E-state index in [4.69, 9.17) is 9.26 Å². The van der Waals surface area contributed by atoms with Gasteiger partial charge in [-0.3, -0.25) is 4.79 Å². The largest absolute Gasteiger partial charge is 0.465 e. The average Bonchev–Trinajstić information content (AvgIpc) is 3.13. The van der Waals surface area contributed by atoms with Crippen LogP contribution in [0.2, 0.25) is 0 Å². The van der Waals surface area contributed by atoms with Crippen LogP contribution in [-0.4, -0.2) is 34.1 Å². The van der Waals surface area contributed by atoms with E-state index in [0.29, 0.717) is 11.6 Å². The van der Waals surface area contributed by atoms with E-state index in [2.05, 4.69) is 10.1 Å². The van der Waals surface area contributed by atoms with Gasteiger partial charge in [-0.2, -0.15) is 0 Å². The van der Waals surface area contributed by atoms with Gasteiger partial charge in [-0.1, -0.05) is 0 Å². The summed E-state index contributed by atoms with van der Waals surface area (Å²) in [6.07, 6.45) is 3.10.